The maximum absolute atomic E-state index is 3.56. The molecule has 0 aliphatic rings. The third-order valence-electron chi connectivity index (χ3n) is 1.09. The molecule has 0 radical (unpaired) electrons. The highest BCUT2D eigenvalue weighted by atomic mass is 14.8. The van der Waals surface area contributed by atoms with E-state index in [1.165, 1.54) is 0 Å². The molecule has 0 bridgehead atoms. The Labute approximate surface area is 68.8 Å². The van der Waals surface area contributed by atoms with Gasteiger partial charge in [0, 0.05) is 5.70 Å². The van der Waals surface area contributed by atoms with Gasteiger partial charge in [-0.1, -0.05) is 30.9 Å². The fraction of sp³-hybridized carbons (Fsp3) is 0.200. The predicted octanol–water partition coefficient (Wildman–Crippen LogP) is 2.76. The summed E-state index contributed by atoms with van der Waals surface area (Å²) in [5.74, 6) is 0. The van der Waals surface area contributed by atoms with Gasteiger partial charge in [0.15, 0.2) is 0 Å². The van der Waals surface area contributed by atoms with Crippen LogP contribution in [0, 0.1) is 0 Å². The van der Waals surface area contributed by atoms with E-state index < -0.39 is 0 Å². The van der Waals surface area contributed by atoms with Gasteiger partial charge in [-0.05, 0) is 26.1 Å². The van der Waals surface area contributed by atoms with Crippen molar-refractivity contribution in [3.05, 3.63) is 48.9 Å². The quantitative estimate of drug-likeness (QED) is 0.606. The van der Waals surface area contributed by atoms with Gasteiger partial charge in [0.2, 0.25) is 0 Å². The van der Waals surface area contributed by atoms with E-state index >= 15 is 0 Å². The molecule has 0 aliphatic carbocycles. The standard InChI is InChI=1S/C10H15N/c1-4-6-7-8-9-10(3)11-5-2/h4-9,11H,2H2,1,3H3/b6-4+,8-7-,10-9+. The van der Waals surface area contributed by atoms with Gasteiger partial charge < -0.3 is 5.32 Å². The molecule has 0 aliphatic heterocycles. The molecule has 0 unspecified atom stereocenters. The van der Waals surface area contributed by atoms with Crippen molar-refractivity contribution in [2.45, 2.75) is 13.8 Å². The smallest absolute Gasteiger partial charge is 0.0114 e. The monoisotopic (exact) mass is 149 g/mol. The summed E-state index contributed by atoms with van der Waals surface area (Å²) in [7, 11) is 0. The lowest BCUT2D eigenvalue weighted by atomic mass is 10.4. The Kier molecular flexibility index (Phi) is 6.10. The largest absolute Gasteiger partial charge is 0.366 e. The average Bonchev–Trinajstić information content (AvgIpc) is 1.99. The number of allylic oxidation sites excluding steroid dienone is 6. The van der Waals surface area contributed by atoms with Crippen molar-refractivity contribution in [2.24, 2.45) is 0 Å². The molecular weight excluding hydrogens is 134 g/mol. The third-order valence-corrected chi connectivity index (χ3v) is 1.09. The number of nitrogens with one attached hydrogen (secondary N) is 1. The summed E-state index contributed by atoms with van der Waals surface area (Å²) in [6, 6.07) is 0. The Morgan fingerprint density at radius 1 is 1.27 bits per heavy atom. The lowest BCUT2D eigenvalue weighted by Gasteiger charge is -1.94. The fourth-order valence-corrected chi connectivity index (χ4v) is 0.584. The minimum absolute atomic E-state index is 1.08. The van der Waals surface area contributed by atoms with Crippen LogP contribution in [-0.4, -0.2) is 0 Å². The van der Waals surface area contributed by atoms with Gasteiger partial charge in [0.1, 0.15) is 0 Å². The molecule has 0 saturated carbocycles. The maximum atomic E-state index is 3.56. The molecule has 0 spiro atoms. The molecule has 1 nitrogen and oxygen atoms in total. The molecule has 0 aromatic heterocycles. The van der Waals surface area contributed by atoms with Crippen LogP contribution in [0.5, 0.6) is 0 Å². The summed E-state index contributed by atoms with van der Waals surface area (Å²) in [5, 5.41) is 2.97. The van der Waals surface area contributed by atoms with Crippen LogP contribution in [0.15, 0.2) is 48.9 Å². The van der Waals surface area contributed by atoms with Gasteiger partial charge in [-0.25, -0.2) is 0 Å². The molecule has 0 atom stereocenters. The molecule has 0 aromatic rings. The Balaban J connectivity index is 3.79. The van der Waals surface area contributed by atoms with E-state index in [-0.39, 0.29) is 0 Å². The highest BCUT2D eigenvalue weighted by Crippen LogP contribution is 1.87. The molecule has 0 amide bonds. The van der Waals surface area contributed by atoms with Gasteiger partial charge >= 0.3 is 0 Å². The molecule has 11 heavy (non-hydrogen) atoms. The second-order valence-corrected chi connectivity index (χ2v) is 2.11. The first-order chi connectivity index (χ1) is 5.31. The van der Waals surface area contributed by atoms with Gasteiger partial charge in [-0.15, -0.1) is 0 Å². The van der Waals surface area contributed by atoms with Crippen LogP contribution in [0.4, 0.5) is 0 Å². The highest BCUT2D eigenvalue weighted by Gasteiger charge is 1.75. The second-order valence-electron chi connectivity index (χ2n) is 2.11. The zero-order valence-corrected chi connectivity index (χ0v) is 7.17. The van der Waals surface area contributed by atoms with Crippen LogP contribution in [-0.2, 0) is 0 Å². The number of hydrogen-bond donors (Lipinski definition) is 1. The Bertz CT molecular complexity index is 185. The van der Waals surface area contributed by atoms with Crippen LogP contribution >= 0.6 is 0 Å². The molecule has 0 aromatic carbocycles. The summed E-state index contributed by atoms with van der Waals surface area (Å²) >= 11 is 0. The van der Waals surface area contributed by atoms with E-state index in [1.54, 1.807) is 6.20 Å². The van der Waals surface area contributed by atoms with Crippen molar-refractivity contribution in [2.75, 3.05) is 0 Å². The van der Waals surface area contributed by atoms with E-state index in [9.17, 15) is 0 Å². The van der Waals surface area contributed by atoms with Crippen molar-refractivity contribution < 1.29 is 0 Å². The fourth-order valence-electron chi connectivity index (χ4n) is 0.584. The summed E-state index contributed by atoms with van der Waals surface area (Å²) in [6.45, 7) is 7.53. The van der Waals surface area contributed by atoms with Crippen LogP contribution in [0.2, 0.25) is 0 Å². The van der Waals surface area contributed by atoms with E-state index in [1.807, 2.05) is 44.2 Å². The van der Waals surface area contributed by atoms with Crippen LogP contribution < -0.4 is 5.32 Å². The predicted molar refractivity (Wildman–Crippen MR) is 51.0 cm³/mol. The molecular formula is C10H15N. The first-order valence-electron chi connectivity index (χ1n) is 3.65. The summed E-state index contributed by atoms with van der Waals surface area (Å²) in [6.07, 6.45) is 11.6. The third kappa shape index (κ3) is 6.65. The summed E-state index contributed by atoms with van der Waals surface area (Å²) in [5.41, 5.74) is 1.08. The van der Waals surface area contributed by atoms with E-state index in [2.05, 4.69) is 11.9 Å². The average molecular weight is 149 g/mol. The highest BCUT2D eigenvalue weighted by molar-refractivity contribution is 5.14. The summed E-state index contributed by atoms with van der Waals surface area (Å²) in [4.78, 5) is 0. The summed E-state index contributed by atoms with van der Waals surface area (Å²) < 4.78 is 0. The zero-order chi connectivity index (χ0) is 8.53. The first kappa shape index (κ1) is 9.76. The van der Waals surface area contributed by atoms with Crippen molar-refractivity contribution >= 4 is 0 Å². The van der Waals surface area contributed by atoms with Gasteiger partial charge in [-0.2, -0.15) is 0 Å². The van der Waals surface area contributed by atoms with Crippen molar-refractivity contribution in [3.8, 4) is 0 Å². The second kappa shape index (κ2) is 6.87. The van der Waals surface area contributed by atoms with Crippen molar-refractivity contribution in [1.29, 1.82) is 0 Å². The SMILES string of the molecule is C=CN/C(C)=C/C=C\C=C\C. The lowest BCUT2D eigenvalue weighted by molar-refractivity contribution is 1.06. The molecule has 0 fully saturated rings. The Hall–Kier alpha value is -1.24. The molecule has 1 N–H and O–H groups in total. The molecule has 0 saturated heterocycles. The van der Waals surface area contributed by atoms with Crippen LogP contribution in [0.3, 0.4) is 0 Å². The van der Waals surface area contributed by atoms with Gasteiger partial charge in [0.05, 0.1) is 0 Å². The van der Waals surface area contributed by atoms with E-state index in [0.717, 1.165) is 5.70 Å². The van der Waals surface area contributed by atoms with Crippen LogP contribution in [0.25, 0.3) is 0 Å². The minimum atomic E-state index is 1.08. The molecule has 0 heterocycles. The van der Waals surface area contributed by atoms with E-state index in [0.29, 0.717) is 0 Å². The topological polar surface area (TPSA) is 12.0 Å². The molecule has 0 rings (SSSR count). The number of hydrogen-bond acceptors (Lipinski definition) is 1. The lowest BCUT2D eigenvalue weighted by Crippen LogP contribution is -1.98. The Morgan fingerprint density at radius 2 is 2.00 bits per heavy atom. The van der Waals surface area contributed by atoms with E-state index in [4.69, 9.17) is 0 Å². The van der Waals surface area contributed by atoms with Crippen LogP contribution in [0.1, 0.15) is 13.8 Å². The Morgan fingerprint density at radius 3 is 2.55 bits per heavy atom. The normalized spacial score (nSPS) is 12.7. The van der Waals surface area contributed by atoms with Gasteiger partial charge in [0.25, 0.3) is 0 Å². The minimum Gasteiger partial charge on any atom is -0.366 e. The van der Waals surface area contributed by atoms with Crippen molar-refractivity contribution in [1.82, 2.24) is 5.32 Å². The van der Waals surface area contributed by atoms with Crippen molar-refractivity contribution in [3.63, 3.8) is 0 Å². The first-order valence-corrected chi connectivity index (χ1v) is 3.65. The van der Waals surface area contributed by atoms with Gasteiger partial charge in [-0.3, -0.25) is 0 Å². The number of rotatable bonds is 4. The molecule has 60 valence electrons. The maximum Gasteiger partial charge on any atom is 0.0114 e. The molecule has 1 heteroatoms. The zero-order valence-electron chi connectivity index (χ0n) is 7.17.